The molecule has 0 heterocycles. The van der Waals surface area contributed by atoms with Crippen LogP contribution in [0.1, 0.15) is 43.5 Å². The highest BCUT2D eigenvalue weighted by Crippen LogP contribution is 2.30. The van der Waals surface area contributed by atoms with Crippen LogP contribution in [0.4, 0.5) is 0 Å². The van der Waals surface area contributed by atoms with Gasteiger partial charge < -0.3 is 0 Å². The summed E-state index contributed by atoms with van der Waals surface area (Å²) in [7, 11) is 0. The van der Waals surface area contributed by atoms with Crippen LogP contribution < -0.4 is 0 Å². The molecule has 3 nitrogen and oxygen atoms in total. The fourth-order valence-electron chi connectivity index (χ4n) is 2.39. The van der Waals surface area contributed by atoms with E-state index in [1.165, 1.54) is 0 Å². The molecule has 1 aliphatic rings. The lowest BCUT2D eigenvalue weighted by Gasteiger charge is -2.19. The fraction of sp³-hybridized carbons (Fsp3) is 0.438. The van der Waals surface area contributed by atoms with Crippen LogP contribution in [-0.4, -0.2) is 22.6 Å². The average Bonchev–Trinajstić information content (AvgIpc) is 2.37. The van der Waals surface area contributed by atoms with Gasteiger partial charge in [-0.15, -0.1) is 11.8 Å². The second kappa shape index (κ2) is 6.75. The third kappa shape index (κ3) is 3.74. The Kier molecular flexibility index (Phi) is 5.22. The van der Waals surface area contributed by atoms with E-state index in [0.29, 0.717) is 29.5 Å². The second-order valence-electron chi connectivity index (χ2n) is 5.39. The average molecular weight is 325 g/mol. The molecule has 0 aromatic heterocycles. The van der Waals surface area contributed by atoms with E-state index in [4.69, 9.17) is 11.6 Å². The van der Waals surface area contributed by atoms with Gasteiger partial charge in [-0.3, -0.25) is 14.4 Å². The summed E-state index contributed by atoms with van der Waals surface area (Å²) in [6, 6.07) is 5.14. The zero-order chi connectivity index (χ0) is 15.6. The minimum atomic E-state index is -1.15. The maximum atomic E-state index is 12.4. The van der Waals surface area contributed by atoms with Crippen LogP contribution in [0.25, 0.3) is 0 Å². The monoisotopic (exact) mass is 324 g/mol. The number of halogens is 1. The molecule has 1 aromatic carbocycles. The van der Waals surface area contributed by atoms with Gasteiger partial charge in [-0.05, 0) is 24.6 Å². The minimum absolute atomic E-state index is 0.262. The van der Waals surface area contributed by atoms with Gasteiger partial charge in [0, 0.05) is 28.6 Å². The van der Waals surface area contributed by atoms with Gasteiger partial charge in [0.15, 0.2) is 17.3 Å². The van der Waals surface area contributed by atoms with Crippen LogP contribution in [0.2, 0.25) is 5.02 Å². The Morgan fingerprint density at radius 1 is 1.24 bits per heavy atom. The van der Waals surface area contributed by atoms with Crippen LogP contribution in [0.5, 0.6) is 0 Å². The molecule has 0 atom stereocenters. The Morgan fingerprint density at radius 3 is 2.38 bits per heavy atom. The molecule has 1 fully saturated rings. The number of rotatable bonds is 4. The number of hydrogen-bond acceptors (Lipinski definition) is 4. The van der Waals surface area contributed by atoms with Gasteiger partial charge >= 0.3 is 0 Å². The molecule has 1 saturated carbocycles. The maximum absolute atomic E-state index is 12.4. The van der Waals surface area contributed by atoms with Crippen molar-refractivity contribution >= 4 is 40.7 Å². The Balaban J connectivity index is 2.26. The summed E-state index contributed by atoms with van der Waals surface area (Å²) in [5.74, 6) is -2.18. The zero-order valence-electron chi connectivity index (χ0n) is 12.0. The van der Waals surface area contributed by atoms with Gasteiger partial charge in [0.1, 0.15) is 5.92 Å². The Morgan fingerprint density at radius 2 is 1.86 bits per heavy atom. The summed E-state index contributed by atoms with van der Waals surface area (Å²) in [6.07, 6.45) is 1.13. The number of thioether (sulfide) groups is 1. The molecular weight excluding hydrogens is 308 g/mol. The van der Waals surface area contributed by atoms with E-state index >= 15 is 0 Å². The number of benzene rings is 1. The molecule has 0 saturated heterocycles. The Hall–Kier alpha value is -1.13. The van der Waals surface area contributed by atoms with Crippen molar-refractivity contribution in [3.8, 4) is 0 Å². The molecule has 5 heteroatoms. The van der Waals surface area contributed by atoms with E-state index in [0.717, 1.165) is 4.90 Å². The lowest BCUT2D eigenvalue weighted by molar-refractivity contribution is -0.133. The summed E-state index contributed by atoms with van der Waals surface area (Å²) >= 11 is 7.81. The van der Waals surface area contributed by atoms with Crippen LogP contribution in [0, 0.1) is 5.92 Å². The van der Waals surface area contributed by atoms with Gasteiger partial charge in [0.05, 0.1) is 5.02 Å². The van der Waals surface area contributed by atoms with Crippen molar-refractivity contribution in [2.45, 2.75) is 43.3 Å². The lowest BCUT2D eigenvalue weighted by atomic mass is 9.82. The van der Waals surface area contributed by atoms with Gasteiger partial charge in [0.2, 0.25) is 0 Å². The fourth-order valence-corrected chi connectivity index (χ4v) is 3.61. The quantitative estimate of drug-likeness (QED) is 0.478. The summed E-state index contributed by atoms with van der Waals surface area (Å²) in [6.45, 7) is 4.13. The first-order valence-electron chi connectivity index (χ1n) is 6.96. The predicted molar refractivity (Wildman–Crippen MR) is 84.1 cm³/mol. The second-order valence-corrected chi connectivity index (χ2v) is 7.45. The molecule has 112 valence electrons. The molecule has 21 heavy (non-hydrogen) atoms. The molecular formula is C16H17ClO3S. The van der Waals surface area contributed by atoms with E-state index in [9.17, 15) is 14.4 Å². The zero-order valence-corrected chi connectivity index (χ0v) is 13.6. The number of carbonyl (C=O) groups excluding carboxylic acids is 3. The SMILES string of the molecule is CC(C)Sc1ccc(C(=O)C2C(=O)CCCC2=O)c(Cl)c1. The van der Waals surface area contributed by atoms with Gasteiger partial charge in [0.25, 0.3) is 0 Å². The largest absolute Gasteiger partial charge is 0.298 e. The number of hydrogen-bond donors (Lipinski definition) is 0. The molecule has 0 N–H and O–H groups in total. The van der Waals surface area contributed by atoms with Crippen LogP contribution in [0.15, 0.2) is 23.1 Å². The third-order valence-electron chi connectivity index (χ3n) is 3.33. The molecule has 2 rings (SSSR count). The van der Waals surface area contributed by atoms with Crippen LogP contribution in [-0.2, 0) is 9.59 Å². The van der Waals surface area contributed by atoms with E-state index in [1.807, 2.05) is 6.07 Å². The van der Waals surface area contributed by atoms with Crippen molar-refractivity contribution in [3.63, 3.8) is 0 Å². The number of carbonyl (C=O) groups is 3. The van der Waals surface area contributed by atoms with E-state index in [-0.39, 0.29) is 17.1 Å². The molecule has 0 aliphatic heterocycles. The van der Waals surface area contributed by atoms with Crippen molar-refractivity contribution < 1.29 is 14.4 Å². The predicted octanol–water partition coefficient (Wildman–Crippen LogP) is 3.96. The summed E-state index contributed by atoms with van der Waals surface area (Å²) in [5, 5.41) is 0.709. The molecule has 0 bridgehead atoms. The van der Waals surface area contributed by atoms with Crippen molar-refractivity contribution in [1.29, 1.82) is 0 Å². The molecule has 1 aromatic rings. The summed E-state index contributed by atoms with van der Waals surface area (Å²) < 4.78 is 0. The van der Waals surface area contributed by atoms with Crippen molar-refractivity contribution in [2.75, 3.05) is 0 Å². The standard InChI is InChI=1S/C16H17ClO3S/c1-9(2)21-10-6-7-11(12(17)8-10)16(20)15-13(18)4-3-5-14(15)19/h6-9,15H,3-5H2,1-2H3. The first-order valence-corrected chi connectivity index (χ1v) is 8.21. The topological polar surface area (TPSA) is 51.2 Å². The molecule has 1 aliphatic carbocycles. The lowest BCUT2D eigenvalue weighted by Crippen LogP contribution is -2.35. The highest BCUT2D eigenvalue weighted by molar-refractivity contribution is 7.99. The highest BCUT2D eigenvalue weighted by Gasteiger charge is 2.37. The smallest absolute Gasteiger partial charge is 0.182 e. The van der Waals surface area contributed by atoms with E-state index in [1.54, 1.807) is 23.9 Å². The molecule has 0 unspecified atom stereocenters. The normalized spacial score (nSPS) is 16.6. The Bertz CT molecular complexity index is 579. The van der Waals surface area contributed by atoms with Crippen molar-refractivity contribution in [3.05, 3.63) is 28.8 Å². The van der Waals surface area contributed by atoms with Crippen LogP contribution in [0.3, 0.4) is 0 Å². The maximum Gasteiger partial charge on any atom is 0.182 e. The highest BCUT2D eigenvalue weighted by atomic mass is 35.5. The summed E-state index contributed by atoms with van der Waals surface area (Å²) in [4.78, 5) is 37.1. The van der Waals surface area contributed by atoms with E-state index < -0.39 is 11.7 Å². The first-order chi connectivity index (χ1) is 9.90. The Labute approximate surface area is 133 Å². The van der Waals surface area contributed by atoms with E-state index in [2.05, 4.69) is 13.8 Å². The number of ketones is 3. The van der Waals surface area contributed by atoms with Crippen molar-refractivity contribution in [2.24, 2.45) is 5.92 Å². The number of Topliss-reactive ketones (excluding diaryl/α,β-unsaturated/α-hetero) is 3. The first kappa shape index (κ1) is 16.2. The van der Waals surface area contributed by atoms with Crippen LogP contribution >= 0.6 is 23.4 Å². The van der Waals surface area contributed by atoms with Crippen molar-refractivity contribution in [1.82, 2.24) is 0 Å². The third-order valence-corrected chi connectivity index (χ3v) is 4.64. The minimum Gasteiger partial charge on any atom is -0.298 e. The molecule has 0 radical (unpaired) electrons. The van der Waals surface area contributed by atoms with Gasteiger partial charge in [-0.1, -0.05) is 25.4 Å². The summed E-state index contributed by atoms with van der Waals surface area (Å²) in [5.41, 5.74) is 0.262. The molecule has 0 amide bonds. The van der Waals surface area contributed by atoms with Gasteiger partial charge in [-0.25, -0.2) is 0 Å². The molecule has 0 spiro atoms. The van der Waals surface area contributed by atoms with Gasteiger partial charge in [-0.2, -0.15) is 0 Å².